The van der Waals surface area contributed by atoms with E-state index < -0.39 is 0 Å². The Labute approximate surface area is 109 Å². The molecule has 0 unspecified atom stereocenters. The van der Waals surface area contributed by atoms with Crippen LogP contribution in [0.1, 0.15) is 18.5 Å². The molecule has 1 aromatic heterocycles. The van der Waals surface area contributed by atoms with Crippen molar-refractivity contribution in [2.45, 2.75) is 12.8 Å². The largest absolute Gasteiger partial charge is 0.381 e. The fourth-order valence-electron chi connectivity index (χ4n) is 2.36. The van der Waals surface area contributed by atoms with Gasteiger partial charge >= 0.3 is 0 Å². The molecule has 0 bridgehead atoms. The predicted molar refractivity (Wildman–Crippen MR) is 70.1 cm³/mol. The topological polar surface area (TPSA) is 78.8 Å². The third-order valence-corrected chi connectivity index (χ3v) is 3.31. The summed E-state index contributed by atoms with van der Waals surface area (Å²) in [6.07, 6.45) is 2.14. The lowest BCUT2D eigenvalue weighted by Gasteiger charge is -2.18. The summed E-state index contributed by atoms with van der Waals surface area (Å²) < 4.78 is 14.1. The first kappa shape index (κ1) is 11.7. The number of nitrogen functional groups attached to an aromatic ring is 1. The van der Waals surface area contributed by atoms with E-state index in [9.17, 15) is 4.39 Å². The van der Waals surface area contributed by atoms with Gasteiger partial charge in [0.15, 0.2) is 11.5 Å². The summed E-state index contributed by atoms with van der Waals surface area (Å²) in [5.74, 6) is -0.258. The maximum absolute atomic E-state index is 14.1. The van der Waals surface area contributed by atoms with Gasteiger partial charge in [0.1, 0.15) is 11.9 Å². The van der Waals surface area contributed by atoms with Gasteiger partial charge in [-0.1, -0.05) is 0 Å². The Balaban J connectivity index is 2.17. The lowest BCUT2D eigenvalue weighted by molar-refractivity contribution is 0.624. The molecule has 5 nitrogen and oxygen atoms in total. The smallest absolute Gasteiger partial charge is 0.183 e. The number of aromatic nitrogens is 2. The van der Waals surface area contributed by atoms with Crippen molar-refractivity contribution in [1.82, 2.24) is 9.97 Å². The first-order chi connectivity index (χ1) is 9.19. The molecule has 2 N–H and O–H groups in total. The lowest BCUT2D eigenvalue weighted by Crippen LogP contribution is -2.19. The van der Waals surface area contributed by atoms with Crippen LogP contribution in [0, 0.1) is 17.1 Å². The van der Waals surface area contributed by atoms with Crippen molar-refractivity contribution in [1.29, 1.82) is 5.26 Å². The molecule has 1 fully saturated rings. The molecule has 1 saturated heterocycles. The lowest BCUT2D eigenvalue weighted by atomic mass is 10.2. The van der Waals surface area contributed by atoms with Gasteiger partial charge in [0.05, 0.1) is 16.7 Å². The zero-order chi connectivity index (χ0) is 13.4. The van der Waals surface area contributed by atoms with Crippen molar-refractivity contribution in [3.63, 3.8) is 0 Å². The standard InChI is InChI=1S/C13H12FN5/c14-8-5-9-10(18-13(16)11(7-15)17-9)6-12(8)19-3-1-2-4-19/h5-6H,1-4H2,(H2,16,18). The molecule has 0 spiro atoms. The number of benzene rings is 1. The Hall–Kier alpha value is -2.42. The summed E-state index contributed by atoms with van der Waals surface area (Å²) in [5.41, 5.74) is 7.06. The van der Waals surface area contributed by atoms with Crippen molar-refractivity contribution in [2.24, 2.45) is 0 Å². The summed E-state index contributed by atoms with van der Waals surface area (Å²) in [4.78, 5) is 10.1. The Bertz CT molecular complexity index is 685. The molecule has 1 aliphatic rings. The summed E-state index contributed by atoms with van der Waals surface area (Å²) >= 11 is 0. The maximum atomic E-state index is 14.1. The minimum Gasteiger partial charge on any atom is -0.381 e. The predicted octanol–water partition coefficient (Wildman–Crippen LogP) is 1.82. The highest BCUT2D eigenvalue weighted by molar-refractivity contribution is 5.81. The average molecular weight is 257 g/mol. The highest BCUT2D eigenvalue weighted by atomic mass is 19.1. The van der Waals surface area contributed by atoms with Crippen LogP contribution in [0.25, 0.3) is 11.0 Å². The van der Waals surface area contributed by atoms with Gasteiger partial charge < -0.3 is 10.6 Å². The van der Waals surface area contributed by atoms with Crippen LogP contribution < -0.4 is 10.6 Å². The van der Waals surface area contributed by atoms with E-state index in [1.165, 1.54) is 6.07 Å². The fourth-order valence-corrected chi connectivity index (χ4v) is 2.36. The van der Waals surface area contributed by atoms with Gasteiger partial charge in [-0.25, -0.2) is 14.4 Å². The van der Waals surface area contributed by atoms with Crippen LogP contribution in [-0.4, -0.2) is 23.1 Å². The SMILES string of the molecule is N#Cc1nc2cc(F)c(N3CCCC3)cc2nc1N. The van der Waals surface area contributed by atoms with E-state index in [1.807, 2.05) is 11.0 Å². The summed E-state index contributed by atoms with van der Waals surface area (Å²) in [6, 6.07) is 4.81. The molecule has 0 saturated carbocycles. The third kappa shape index (κ3) is 1.93. The van der Waals surface area contributed by atoms with Crippen LogP contribution in [0.4, 0.5) is 15.9 Å². The summed E-state index contributed by atoms with van der Waals surface area (Å²) in [5, 5.41) is 8.84. The fraction of sp³-hybridized carbons (Fsp3) is 0.308. The Morgan fingerprint density at radius 1 is 1.21 bits per heavy atom. The number of hydrogen-bond acceptors (Lipinski definition) is 5. The number of anilines is 2. The molecule has 0 amide bonds. The molecule has 2 aromatic rings. The van der Waals surface area contributed by atoms with Crippen LogP contribution >= 0.6 is 0 Å². The van der Waals surface area contributed by atoms with Gasteiger partial charge in [-0.15, -0.1) is 0 Å². The monoisotopic (exact) mass is 257 g/mol. The van der Waals surface area contributed by atoms with Crippen molar-refractivity contribution < 1.29 is 4.39 Å². The van der Waals surface area contributed by atoms with Crippen LogP contribution in [-0.2, 0) is 0 Å². The van der Waals surface area contributed by atoms with Crippen molar-refractivity contribution in [2.75, 3.05) is 23.7 Å². The van der Waals surface area contributed by atoms with Crippen LogP contribution in [0.3, 0.4) is 0 Å². The molecule has 19 heavy (non-hydrogen) atoms. The summed E-state index contributed by atoms with van der Waals surface area (Å²) in [6.45, 7) is 1.70. The number of fused-ring (bicyclic) bond motifs is 1. The van der Waals surface area contributed by atoms with Crippen LogP contribution in [0.5, 0.6) is 0 Å². The van der Waals surface area contributed by atoms with Gasteiger partial charge in [-0.2, -0.15) is 5.26 Å². The molecule has 96 valence electrons. The first-order valence-electron chi connectivity index (χ1n) is 6.11. The molecule has 1 aliphatic heterocycles. The molecule has 1 aromatic carbocycles. The van der Waals surface area contributed by atoms with Crippen LogP contribution in [0.15, 0.2) is 12.1 Å². The number of nitriles is 1. The van der Waals surface area contributed by atoms with Crippen molar-refractivity contribution in [3.8, 4) is 6.07 Å². The van der Waals surface area contributed by atoms with Crippen molar-refractivity contribution in [3.05, 3.63) is 23.6 Å². The molecule has 0 radical (unpaired) electrons. The zero-order valence-electron chi connectivity index (χ0n) is 10.2. The normalized spacial score (nSPS) is 14.8. The maximum Gasteiger partial charge on any atom is 0.183 e. The van der Waals surface area contributed by atoms with E-state index in [1.54, 1.807) is 6.07 Å². The van der Waals surface area contributed by atoms with E-state index in [-0.39, 0.29) is 17.3 Å². The Kier molecular flexibility index (Phi) is 2.67. The molecular weight excluding hydrogens is 245 g/mol. The molecule has 0 aliphatic carbocycles. The van der Waals surface area contributed by atoms with Gasteiger partial charge in [0.25, 0.3) is 0 Å². The Morgan fingerprint density at radius 2 is 1.89 bits per heavy atom. The molecule has 2 heterocycles. The number of nitrogens with zero attached hydrogens (tertiary/aromatic N) is 4. The second-order valence-corrected chi connectivity index (χ2v) is 4.56. The zero-order valence-corrected chi connectivity index (χ0v) is 10.2. The van der Waals surface area contributed by atoms with Gasteiger partial charge in [0, 0.05) is 19.2 Å². The van der Waals surface area contributed by atoms with Gasteiger partial charge in [-0.3, -0.25) is 0 Å². The van der Waals surface area contributed by atoms with E-state index in [0.29, 0.717) is 16.7 Å². The molecular formula is C13H12FN5. The summed E-state index contributed by atoms with van der Waals surface area (Å²) in [7, 11) is 0. The minimum absolute atomic E-state index is 0.0285. The molecule has 6 heteroatoms. The van der Waals surface area contributed by atoms with Gasteiger partial charge in [0.2, 0.25) is 0 Å². The van der Waals surface area contributed by atoms with Gasteiger partial charge in [-0.05, 0) is 18.9 Å². The minimum atomic E-state index is -0.336. The Morgan fingerprint density at radius 3 is 2.58 bits per heavy atom. The van der Waals surface area contributed by atoms with E-state index in [0.717, 1.165) is 25.9 Å². The highest BCUT2D eigenvalue weighted by Crippen LogP contribution is 2.27. The third-order valence-electron chi connectivity index (χ3n) is 3.31. The van der Waals surface area contributed by atoms with Crippen molar-refractivity contribution >= 4 is 22.5 Å². The van der Waals surface area contributed by atoms with E-state index >= 15 is 0 Å². The van der Waals surface area contributed by atoms with E-state index in [4.69, 9.17) is 11.0 Å². The van der Waals surface area contributed by atoms with Crippen LogP contribution in [0.2, 0.25) is 0 Å². The molecule has 0 atom stereocenters. The number of hydrogen-bond donors (Lipinski definition) is 1. The van der Waals surface area contributed by atoms with E-state index in [2.05, 4.69) is 9.97 Å². The number of nitrogens with two attached hydrogens (primary N) is 1. The average Bonchev–Trinajstić information content (AvgIpc) is 2.91. The molecule has 3 rings (SSSR count). The second-order valence-electron chi connectivity index (χ2n) is 4.56. The number of rotatable bonds is 1. The quantitative estimate of drug-likeness (QED) is 0.843. The number of halogens is 1. The first-order valence-corrected chi connectivity index (χ1v) is 6.11. The second kappa shape index (κ2) is 4.35. The highest BCUT2D eigenvalue weighted by Gasteiger charge is 2.18.